The molecule has 110 valence electrons. The summed E-state index contributed by atoms with van der Waals surface area (Å²) in [6.07, 6.45) is 7.54. The number of thiazole rings is 1. The van der Waals surface area contributed by atoms with Gasteiger partial charge < -0.3 is 10.2 Å². The highest BCUT2D eigenvalue weighted by Crippen LogP contribution is 2.33. The van der Waals surface area contributed by atoms with Gasteiger partial charge in [0.2, 0.25) is 5.91 Å². The average Bonchev–Trinajstić information content (AvgIpc) is 2.95. The van der Waals surface area contributed by atoms with E-state index in [1.807, 2.05) is 25.1 Å². The molecule has 2 fully saturated rings. The third-order valence-corrected chi connectivity index (χ3v) is 5.42. The topological polar surface area (TPSA) is 45.2 Å². The summed E-state index contributed by atoms with van der Waals surface area (Å²) >= 11 is 1.68. The highest BCUT2D eigenvalue weighted by Gasteiger charge is 2.34. The van der Waals surface area contributed by atoms with E-state index in [2.05, 4.69) is 10.3 Å². The largest absolute Gasteiger partial charge is 0.341 e. The minimum atomic E-state index is 0.280. The molecular weight excluding hydrogens is 270 g/mol. The molecule has 4 nitrogen and oxygen atoms in total. The van der Waals surface area contributed by atoms with Gasteiger partial charge in [-0.2, -0.15) is 0 Å². The maximum atomic E-state index is 12.3. The number of aromatic nitrogens is 1. The minimum absolute atomic E-state index is 0.280. The normalized spacial score (nSPS) is 28.6. The first-order valence-electron chi connectivity index (χ1n) is 7.51. The van der Waals surface area contributed by atoms with Crippen LogP contribution in [0.5, 0.6) is 0 Å². The highest BCUT2D eigenvalue weighted by molar-refractivity contribution is 7.11. The molecule has 1 N–H and O–H groups in total. The van der Waals surface area contributed by atoms with Crippen LogP contribution in [0.3, 0.4) is 0 Å². The van der Waals surface area contributed by atoms with Crippen LogP contribution in [0.4, 0.5) is 0 Å². The summed E-state index contributed by atoms with van der Waals surface area (Å²) in [4.78, 5) is 19.6. The fraction of sp³-hybridized carbons (Fsp3) is 0.733. The number of nitrogens with zero attached hydrogens (tertiary/aromatic N) is 2. The fourth-order valence-corrected chi connectivity index (χ4v) is 4.39. The van der Waals surface area contributed by atoms with Gasteiger partial charge in [0.15, 0.2) is 0 Å². The van der Waals surface area contributed by atoms with Gasteiger partial charge in [0.1, 0.15) is 0 Å². The van der Waals surface area contributed by atoms with E-state index >= 15 is 0 Å². The van der Waals surface area contributed by atoms with Gasteiger partial charge in [-0.05, 0) is 38.5 Å². The number of aryl methyl sites for hydroxylation is 1. The maximum Gasteiger partial charge on any atom is 0.222 e. The monoisotopic (exact) mass is 293 g/mol. The molecule has 2 saturated heterocycles. The average molecular weight is 293 g/mol. The molecule has 0 spiro atoms. The van der Waals surface area contributed by atoms with Gasteiger partial charge in [-0.25, -0.2) is 4.98 Å². The second-order valence-electron chi connectivity index (χ2n) is 6.27. The molecule has 5 heteroatoms. The molecule has 2 unspecified atom stereocenters. The number of hydrogen-bond acceptors (Lipinski definition) is 4. The van der Waals surface area contributed by atoms with Crippen LogP contribution in [-0.4, -0.2) is 34.9 Å². The zero-order valence-corrected chi connectivity index (χ0v) is 13.1. The van der Waals surface area contributed by atoms with Crippen LogP contribution in [0.15, 0.2) is 6.20 Å². The summed E-state index contributed by atoms with van der Waals surface area (Å²) in [5.41, 5.74) is 0. The minimum Gasteiger partial charge on any atom is -0.341 e. The van der Waals surface area contributed by atoms with E-state index in [9.17, 15) is 4.79 Å². The van der Waals surface area contributed by atoms with Crippen molar-refractivity contribution in [3.63, 3.8) is 0 Å². The molecule has 1 amide bonds. The Kier molecular flexibility index (Phi) is 4.08. The van der Waals surface area contributed by atoms with Crippen molar-refractivity contribution in [3.05, 3.63) is 16.1 Å². The van der Waals surface area contributed by atoms with Gasteiger partial charge >= 0.3 is 0 Å². The summed E-state index contributed by atoms with van der Waals surface area (Å²) in [5, 5.41) is 4.70. The van der Waals surface area contributed by atoms with Gasteiger partial charge in [-0.15, -0.1) is 11.3 Å². The first-order chi connectivity index (χ1) is 9.60. The molecule has 0 aromatic carbocycles. The number of carbonyl (C=O) groups is 1. The van der Waals surface area contributed by atoms with Crippen LogP contribution >= 0.6 is 11.3 Å². The first kappa shape index (κ1) is 14.0. The molecule has 0 saturated carbocycles. The zero-order chi connectivity index (χ0) is 14.1. The Labute approximate surface area is 124 Å². The molecule has 1 aromatic rings. The molecule has 20 heavy (non-hydrogen) atoms. The number of hydrogen-bond donors (Lipinski definition) is 1. The SMILES string of the molecule is Cc1ncc(CN(C)C(=O)CC2CC3CCC(C2)N3)s1. The highest BCUT2D eigenvalue weighted by atomic mass is 32.1. The molecule has 2 bridgehead atoms. The number of rotatable bonds is 4. The van der Waals surface area contributed by atoms with E-state index in [-0.39, 0.29) is 5.91 Å². The van der Waals surface area contributed by atoms with E-state index in [0.717, 1.165) is 5.01 Å². The molecule has 0 radical (unpaired) electrons. The van der Waals surface area contributed by atoms with E-state index < -0.39 is 0 Å². The fourth-order valence-electron chi connectivity index (χ4n) is 3.54. The second-order valence-corrected chi connectivity index (χ2v) is 7.59. The van der Waals surface area contributed by atoms with Crippen molar-refractivity contribution >= 4 is 17.2 Å². The summed E-state index contributed by atoms with van der Waals surface area (Å²) in [5.74, 6) is 0.856. The van der Waals surface area contributed by atoms with E-state index in [1.54, 1.807) is 11.3 Å². The van der Waals surface area contributed by atoms with Crippen molar-refractivity contribution < 1.29 is 4.79 Å². The lowest BCUT2D eigenvalue weighted by molar-refractivity contribution is -0.131. The Bertz CT molecular complexity index is 475. The maximum absolute atomic E-state index is 12.3. The van der Waals surface area contributed by atoms with Crippen molar-refractivity contribution in [2.24, 2.45) is 5.92 Å². The Morgan fingerprint density at radius 1 is 1.45 bits per heavy atom. The summed E-state index contributed by atoms with van der Waals surface area (Å²) < 4.78 is 0. The first-order valence-corrected chi connectivity index (χ1v) is 8.33. The molecular formula is C15H23N3OS. The van der Waals surface area contributed by atoms with Crippen LogP contribution < -0.4 is 5.32 Å². The van der Waals surface area contributed by atoms with E-state index in [0.29, 0.717) is 31.0 Å². The number of piperidine rings is 1. The number of carbonyl (C=O) groups excluding carboxylic acids is 1. The second kappa shape index (κ2) is 5.82. The van der Waals surface area contributed by atoms with Gasteiger partial charge in [0.05, 0.1) is 11.6 Å². The van der Waals surface area contributed by atoms with Crippen molar-refractivity contribution in [2.45, 2.75) is 57.7 Å². The lowest BCUT2D eigenvalue weighted by Crippen LogP contribution is -2.39. The molecule has 1 aromatic heterocycles. The lowest BCUT2D eigenvalue weighted by Gasteiger charge is -2.29. The predicted octanol–water partition coefficient (Wildman–Crippen LogP) is 2.33. The van der Waals surface area contributed by atoms with Crippen molar-refractivity contribution in [2.75, 3.05) is 7.05 Å². The predicted molar refractivity (Wildman–Crippen MR) is 80.6 cm³/mol. The Hall–Kier alpha value is -0.940. The van der Waals surface area contributed by atoms with E-state index in [4.69, 9.17) is 0 Å². The van der Waals surface area contributed by atoms with Gasteiger partial charge in [-0.3, -0.25) is 4.79 Å². The summed E-state index contributed by atoms with van der Waals surface area (Å²) in [6, 6.07) is 1.34. The summed E-state index contributed by atoms with van der Waals surface area (Å²) in [6.45, 7) is 2.70. The summed E-state index contributed by atoms with van der Waals surface area (Å²) in [7, 11) is 1.91. The quantitative estimate of drug-likeness (QED) is 0.926. The standard InChI is InChI=1S/C15H23N3OS/c1-10-16-8-14(20-10)9-18(2)15(19)7-11-5-12-3-4-13(6-11)17-12/h8,11-13,17H,3-7,9H2,1-2H3. The van der Waals surface area contributed by atoms with Gasteiger partial charge in [0.25, 0.3) is 0 Å². The molecule has 2 aliphatic rings. The Morgan fingerprint density at radius 2 is 2.15 bits per heavy atom. The van der Waals surface area contributed by atoms with Crippen molar-refractivity contribution in [1.82, 2.24) is 15.2 Å². The lowest BCUT2D eigenvalue weighted by atomic mass is 9.89. The molecule has 0 aliphatic carbocycles. The molecule has 2 atom stereocenters. The number of amides is 1. The van der Waals surface area contributed by atoms with Gasteiger partial charge in [-0.1, -0.05) is 0 Å². The van der Waals surface area contributed by atoms with Crippen LogP contribution in [0.25, 0.3) is 0 Å². The molecule has 2 aliphatic heterocycles. The van der Waals surface area contributed by atoms with Crippen LogP contribution in [-0.2, 0) is 11.3 Å². The van der Waals surface area contributed by atoms with Gasteiger partial charge in [0, 0.05) is 36.6 Å². The number of nitrogens with one attached hydrogen (secondary N) is 1. The third kappa shape index (κ3) is 3.20. The van der Waals surface area contributed by atoms with E-state index in [1.165, 1.54) is 30.6 Å². The Morgan fingerprint density at radius 3 is 2.75 bits per heavy atom. The third-order valence-electron chi connectivity index (χ3n) is 4.52. The van der Waals surface area contributed by atoms with Crippen molar-refractivity contribution in [3.8, 4) is 0 Å². The smallest absolute Gasteiger partial charge is 0.222 e. The molecule has 3 rings (SSSR count). The number of fused-ring (bicyclic) bond motifs is 2. The Balaban J connectivity index is 1.51. The van der Waals surface area contributed by atoms with Crippen molar-refractivity contribution in [1.29, 1.82) is 0 Å². The van der Waals surface area contributed by atoms with Crippen LogP contribution in [0.2, 0.25) is 0 Å². The van der Waals surface area contributed by atoms with Crippen LogP contribution in [0, 0.1) is 12.8 Å². The molecule has 3 heterocycles. The van der Waals surface area contributed by atoms with Crippen LogP contribution in [0.1, 0.15) is 42.0 Å². The zero-order valence-electron chi connectivity index (χ0n) is 12.3.